The van der Waals surface area contributed by atoms with Gasteiger partial charge in [-0.25, -0.2) is 4.98 Å². The van der Waals surface area contributed by atoms with Gasteiger partial charge in [0.05, 0.1) is 10.2 Å². The van der Waals surface area contributed by atoms with Gasteiger partial charge >= 0.3 is 0 Å². The molecular formula is C23H22ClN3OS. The predicted octanol–water partition coefficient (Wildman–Crippen LogP) is 5.62. The van der Waals surface area contributed by atoms with Crippen molar-refractivity contribution in [3.05, 3.63) is 70.7 Å². The number of anilines is 1. The molecule has 0 radical (unpaired) electrons. The number of carbonyl (C=O) groups excluding carboxylic acids is 1. The fraction of sp³-hybridized carbons (Fsp3) is 0.217. The zero-order chi connectivity index (χ0) is 20.5. The summed E-state index contributed by atoms with van der Waals surface area (Å²) in [7, 11) is 4.01. The van der Waals surface area contributed by atoms with Gasteiger partial charge in [0.1, 0.15) is 0 Å². The number of aromatic nitrogens is 1. The van der Waals surface area contributed by atoms with Crippen molar-refractivity contribution in [2.75, 3.05) is 32.1 Å². The monoisotopic (exact) mass is 423 g/mol. The first kappa shape index (κ1) is 19.8. The van der Waals surface area contributed by atoms with Crippen molar-refractivity contribution in [1.82, 2.24) is 9.88 Å². The second kappa shape index (κ2) is 8.11. The van der Waals surface area contributed by atoms with Gasteiger partial charge in [-0.15, -0.1) is 0 Å². The van der Waals surface area contributed by atoms with Crippen LogP contribution in [-0.4, -0.2) is 43.0 Å². The van der Waals surface area contributed by atoms with Crippen LogP contribution in [0, 0.1) is 6.92 Å². The summed E-state index contributed by atoms with van der Waals surface area (Å²) in [6.07, 6.45) is 0. The molecule has 0 aliphatic rings. The van der Waals surface area contributed by atoms with Crippen molar-refractivity contribution >= 4 is 55.0 Å². The van der Waals surface area contributed by atoms with Crippen molar-refractivity contribution in [3.63, 3.8) is 0 Å². The average molecular weight is 424 g/mol. The van der Waals surface area contributed by atoms with Crippen LogP contribution in [0.5, 0.6) is 0 Å². The number of halogens is 1. The summed E-state index contributed by atoms with van der Waals surface area (Å²) in [6.45, 7) is 3.29. The van der Waals surface area contributed by atoms with E-state index < -0.39 is 0 Å². The molecule has 6 heteroatoms. The molecule has 4 rings (SSSR count). The summed E-state index contributed by atoms with van der Waals surface area (Å²) in [5.74, 6) is -0.0357. The molecule has 4 nitrogen and oxygen atoms in total. The molecule has 1 amide bonds. The first-order valence-electron chi connectivity index (χ1n) is 9.45. The average Bonchev–Trinajstić information content (AvgIpc) is 3.11. The van der Waals surface area contributed by atoms with Crippen LogP contribution >= 0.6 is 22.9 Å². The van der Waals surface area contributed by atoms with E-state index in [0.717, 1.165) is 33.1 Å². The number of amides is 1. The molecule has 0 bridgehead atoms. The lowest BCUT2D eigenvalue weighted by Crippen LogP contribution is -2.36. The van der Waals surface area contributed by atoms with E-state index >= 15 is 0 Å². The molecule has 0 saturated carbocycles. The summed E-state index contributed by atoms with van der Waals surface area (Å²) in [5.41, 5.74) is 2.60. The largest absolute Gasteiger partial charge is 0.308 e. The SMILES string of the molecule is Cc1cc(Cl)cc2sc(N(CCN(C)C)C(=O)c3cccc4ccccc34)nc12. The second-order valence-corrected chi connectivity index (χ2v) is 8.80. The Balaban J connectivity index is 1.81. The number of nitrogens with zero attached hydrogens (tertiary/aromatic N) is 3. The highest BCUT2D eigenvalue weighted by atomic mass is 35.5. The summed E-state index contributed by atoms with van der Waals surface area (Å²) in [5, 5.41) is 3.39. The number of hydrogen-bond donors (Lipinski definition) is 0. The van der Waals surface area contributed by atoms with Crippen LogP contribution in [0.25, 0.3) is 21.0 Å². The number of hydrogen-bond acceptors (Lipinski definition) is 4. The highest BCUT2D eigenvalue weighted by Crippen LogP contribution is 2.34. The van der Waals surface area contributed by atoms with Crippen LogP contribution in [0.1, 0.15) is 15.9 Å². The van der Waals surface area contributed by atoms with E-state index in [4.69, 9.17) is 16.6 Å². The Morgan fingerprint density at radius 1 is 1.07 bits per heavy atom. The Morgan fingerprint density at radius 3 is 2.62 bits per heavy atom. The fourth-order valence-electron chi connectivity index (χ4n) is 3.40. The molecule has 0 saturated heterocycles. The van der Waals surface area contributed by atoms with Crippen LogP contribution in [0.2, 0.25) is 5.02 Å². The normalized spacial score (nSPS) is 11.5. The highest BCUT2D eigenvalue weighted by Gasteiger charge is 2.23. The molecule has 0 spiro atoms. The van der Waals surface area contributed by atoms with E-state index in [1.165, 1.54) is 11.3 Å². The smallest absolute Gasteiger partial charge is 0.260 e. The van der Waals surface area contributed by atoms with Gasteiger partial charge in [0.2, 0.25) is 0 Å². The second-order valence-electron chi connectivity index (χ2n) is 7.35. The highest BCUT2D eigenvalue weighted by molar-refractivity contribution is 7.22. The van der Waals surface area contributed by atoms with Gasteiger partial charge in [-0.3, -0.25) is 9.69 Å². The number of aryl methyl sites for hydroxylation is 1. The summed E-state index contributed by atoms with van der Waals surface area (Å²) in [6, 6.07) is 17.6. The van der Waals surface area contributed by atoms with Gasteiger partial charge in [-0.05, 0) is 55.6 Å². The quantitative estimate of drug-likeness (QED) is 0.418. The minimum Gasteiger partial charge on any atom is -0.308 e. The summed E-state index contributed by atoms with van der Waals surface area (Å²) in [4.78, 5) is 22.3. The van der Waals surface area contributed by atoms with E-state index in [2.05, 4.69) is 4.90 Å². The van der Waals surface area contributed by atoms with Gasteiger partial charge in [0, 0.05) is 23.7 Å². The Morgan fingerprint density at radius 2 is 1.83 bits per heavy atom. The first-order valence-corrected chi connectivity index (χ1v) is 10.6. The van der Waals surface area contributed by atoms with E-state index in [1.807, 2.05) is 75.6 Å². The molecule has 0 aliphatic heterocycles. The Bertz CT molecular complexity index is 1200. The summed E-state index contributed by atoms with van der Waals surface area (Å²) >= 11 is 7.74. The molecule has 0 aliphatic carbocycles. The van der Waals surface area contributed by atoms with Crippen LogP contribution in [0.4, 0.5) is 5.13 Å². The van der Waals surface area contributed by atoms with Crippen molar-refractivity contribution in [2.24, 2.45) is 0 Å². The third kappa shape index (κ3) is 3.99. The van der Waals surface area contributed by atoms with Gasteiger partial charge in [0.15, 0.2) is 5.13 Å². The van der Waals surface area contributed by atoms with E-state index in [0.29, 0.717) is 22.3 Å². The number of likely N-dealkylation sites (N-methyl/N-ethyl adjacent to an activating group) is 1. The predicted molar refractivity (Wildman–Crippen MR) is 124 cm³/mol. The lowest BCUT2D eigenvalue weighted by Gasteiger charge is -2.22. The first-order chi connectivity index (χ1) is 13.9. The summed E-state index contributed by atoms with van der Waals surface area (Å²) < 4.78 is 0.991. The number of fused-ring (bicyclic) bond motifs is 2. The van der Waals surface area contributed by atoms with Gasteiger partial charge in [-0.1, -0.05) is 59.3 Å². The van der Waals surface area contributed by atoms with E-state index in [1.54, 1.807) is 4.90 Å². The maximum absolute atomic E-state index is 13.6. The van der Waals surface area contributed by atoms with Crippen LogP contribution in [-0.2, 0) is 0 Å². The zero-order valence-corrected chi connectivity index (χ0v) is 18.2. The van der Waals surface area contributed by atoms with Crippen molar-refractivity contribution in [2.45, 2.75) is 6.92 Å². The molecule has 4 aromatic rings. The molecule has 148 valence electrons. The van der Waals surface area contributed by atoms with E-state index in [-0.39, 0.29) is 5.91 Å². The van der Waals surface area contributed by atoms with Crippen molar-refractivity contribution < 1.29 is 4.79 Å². The Kier molecular flexibility index (Phi) is 5.54. The maximum atomic E-state index is 13.6. The van der Waals surface area contributed by atoms with Crippen molar-refractivity contribution in [3.8, 4) is 0 Å². The lowest BCUT2D eigenvalue weighted by molar-refractivity contribution is 0.0987. The van der Waals surface area contributed by atoms with Gasteiger partial charge in [0.25, 0.3) is 5.91 Å². The number of rotatable bonds is 5. The topological polar surface area (TPSA) is 36.4 Å². The fourth-order valence-corrected chi connectivity index (χ4v) is 4.84. The molecular weight excluding hydrogens is 402 g/mol. The Labute approximate surface area is 179 Å². The van der Waals surface area contributed by atoms with Crippen LogP contribution in [0.15, 0.2) is 54.6 Å². The van der Waals surface area contributed by atoms with Gasteiger partial charge < -0.3 is 4.90 Å². The molecule has 0 fully saturated rings. The number of carbonyl (C=O) groups is 1. The molecule has 1 heterocycles. The Hall–Kier alpha value is -2.47. The van der Waals surface area contributed by atoms with Crippen molar-refractivity contribution in [1.29, 1.82) is 0 Å². The zero-order valence-electron chi connectivity index (χ0n) is 16.6. The van der Waals surface area contributed by atoms with Crippen LogP contribution in [0.3, 0.4) is 0 Å². The molecule has 0 atom stereocenters. The molecule has 0 N–H and O–H groups in total. The maximum Gasteiger partial charge on any atom is 0.260 e. The molecule has 1 aromatic heterocycles. The third-order valence-corrected chi connectivity index (χ3v) is 6.15. The van der Waals surface area contributed by atoms with E-state index in [9.17, 15) is 4.79 Å². The van der Waals surface area contributed by atoms with Crippen LogP contribution < -0.4 is 4.90 Å². The van der Waals surface area contributed by atoms with Gasteiger partial charge in [-0.2, -0.15) is 0 Å². The standard InChI is InChI=1S/C23H22ClN3OS/c1-15-13-17(24)14-20-21(15)25-23(29-20)27(12-11-26(2)3)22(28)19-10-6-8-16-7-4-5-9-18(16)19/h4-10,13-14H,11-12H2,1-3H3. The third-order valence-electron chi connectivity index (χ3n) is 4.91. The minimum absolute atomic E-state index is 0.0357. The molecule has 29 heavy (non-hydrogen) atoms. The molecule has 0 unspecified atom stereocenters. The molecule has 3 aromatic carbocycles. The number of benzene rings is 3. The minimum atomic E-state index is -0.0357. The number of thiazole rings is 1. The lowest BCUT2D eigenvalue weighted by atomic mass is 10.0.